The molecule has 1 aliphatic rings. The van der Waals surface area contributed by atoms with Gasteiger partial charge in [0.15, 0.2) is 9.84 Å². The topological polar surface area (TPSA) is 79.0 Å². The van der Waals surface area contributed by atoms with Crippen molar-refractivity contribution < 1.29 is 8.42 Å². The number of hydrogen-bond donors (Lipinski definition) is 0. The molecule has 1 atom stereocenters. The van der Waals surface area contributed by atoms with E-state index < -0.39 is 9.84 Å². The van der Waals surface area contributed by atoms with E-state index in [1.165, 1.54) is 11.6 Å². The third kappa shape index (κ3) is 4.56. The number of nitrogens with zero attached hydrogens (tertiary/aromatic N) is 4. The van der Waals surface area contributed by atoms with Gasteiger partial charge in [-0.05, 0) is 60.8 Å². The van der Waals surface area contributed by atoms with Crippen molar-refractivity contribution in [3.05, 3.63) is 78.1 Å². The number of aromatic nitrogens is 2. The molecule has 2 aromatic carbocycles. The minimum Gasteiger partial charge on any atom is -0.299 e. The van der Waals surface area contributed by atoms with Crippen molar-refractivity contribution in [2.24, 2.45) is 5.92 Å². The summed E-state index contributed by atoms with van der Waals surface area (Å²) in [5.41, 5.74) is 2.59. The van der Waals surface area contributed by atoms with Crippen molar-refractivity contribution in [1.82, 2.24) is 14.7 Å². The van der Waals surface area contributed by atoms with Gasteiger partial charge in [-0.25, -0.2) is 13.1 Å². The molecule has 1 saturated heterocycles. The summed E-state index contributed by atoms with van der Waals surface area (Å²) in [4.78, 5) is 2.54. The molecule has 0 N–H and O–H groups in total. The third-order valence-electron chi connectivity index (χ3n) is 5.26. The van der Waals surface area contributed by atoms with Gasteiger partial charge in [0.25, 0.3) is 0 Å². The first-order chi connectivity index (χ1) is 14.0. The second-order valence-electron chi connectivity index (χ2n) is 7.43. The summed E-state index contributed by atoms with van der Waals surface area (Å²) < 4.78 is 27.3. The van der Waals surface area contributed by atoms with Gasteiger partial charge in [-0.2, -0.15) is 10.4 Å². The van der Waals surface area contributed by atoms with Crippen LogP contribution in [-0.4, -0.2) is 41.9 Å². The molecule has 1 aliphatic heterocycles. The second kappa shape index (κ2) is 8.19. The molecule has 6 nitrogen and oxygen atoms in total. The van der Waals surface area contributed by atoms with Gasteiger partial charge in [0.05, 0.1) is 28.0 Å². The Bertz CT molecular complexity index is 1120. The molecule has 2 heterocycles. The summed E-state index contributed by atoms with van der Waals surface area (Å²) in [5.74, 6) is 0.227. The first-order valence-corrected chi connectivity index (χ1v) is 11.2. The lowest BCUT2D eigenvalue weighted by Crippen LogP contribution is -2.23. The van der Waals surface area contributed by atoms with Crippen molar-refractivity contribution in [1.29, 1.82) is 5.26 Å². The molecule has 1 fully saturated rings. The lowest BCUT2D eigenvalue weighted by atomic mass is 10.1. The van der Waals surface area contributed by atoms with E-state index in [1.54, 1.807) is 24.4 Å². The maximum atomic E-state index is 12.7. The van der Waals surface area contributed by atoms with Crippen molar-refractivity contribution in [3.8, 4) is 11.8 Å². The van der Waals surface area contributed by atoms with Crippen molar-refractivity contribution in [2.45, 2.75) is 17.9 Å². The Morgan fingerprint density at radius 3 is 2.69 bits per heavy atom. The van der Waals surface area contributed by atoms with Crippen LogP contribution in [0, 0.1) is 17.2 Å². The molecule has 7 heteroatoms. The summed E-state index contributed by atoms with van der Waals surface area (Å²) in [5, 5.41) is 13.2. The standard InChI is InChI=1S/C22H22N4O2S/c23-14-19-3-1-4-22(13-19)29(27,28)17-20-9-12-25(16-20)15-18-5-7-21(8-6-18)26-11-2-10-24-26/h1-8,10-11,13,20H,9,12,15-17H2/t20-/m1/s1. The molecule has 0 spiro atoms. The van der Waals surface area contributed by atoms with Crippen LogP contribution >= 0.6 is 0 Å². The van der Waals surface area contributed by atoms with Gasteiger partial charge < -0.3 is 0 Å². The second-order valence-corrected chi connectivity index (χ2v) is 9.46. The zero-order chi connectivity index (χ0) is 20.3. The molecular weight excluding hydrogens is 384 g/mol. The van der Waals surface area contributed by atoms with E-state index >= 15 is 0 Å². The fourth-order valence-electron chi connectivity index (χ4n) is 3.79. The van der Waals surface area contributed by atoms with Gasteiger partial charge >= 0.3 is 0 Å². The Labute approximate surface area is 170 Å². The smallest absolute Gasteiger partial charge is 0.178 e. The van der Waals surface area contributed by atoms with Gasteiger partial charge in [-0.3, -0.25) is 4.90 Å². The van der Waals surface area contributed by atoms with E-state index in [4.69, 9.17) is 5.26 Å². The number of benzene rings is 2. The highest BCUT2D eigenvalue weighted by Gasteiger charge is 2.28. The number of likely N-dealkylation sites (tertiary alicyclic amines) is 1. The maximum Gasteiger partial charge on any atom is 0.178 e. The summed E-state index contributed by atoms with van der Waals surface area (Å²) in [6.45, 7) is 2.46. The fraction of sp³-hybridized carbons (Fsp3) is 0.273. The highest BCUT2D eigenvalue weighted by molar-refractivity contribution is 7.91. The first kappa shape index (κ1) is 19.4. The normalized spacial score (nSPS) is 17.3. The van der Waals surface area contributed by atoms with E-state index in [0.29, 0.717) is 5.56 Å². The SMILES string of the molecule is N#Cc1cccc(S(=O)(=O)C[C@@H]2CCN(Cc3ccc(-n4cccn4)cc3)C2)c1. The minimum atomic E-state index is -3.39. The Morgan fingerprint density at radius 1 is 1.14 bits per heavy atom. The molecule has 0 unspecified atom stereocenters. The largest absolute Gasteiger partial charge is 0.299 e. The van der Waals surface area contributed by atoms with E-state index in [9.17, 15) is 8.42 Å². The van der Waals surface area contributed by atoms with Crippen molar-refractivity contribution in [3.63, 3.8) is 0 Å². The minimum absolute atomic E-state index is 0.106. The molecule has 0 bridgehead atoms. The van der Waals surface area contributed by atoms with Crippen LogP contribution in [0.1, 0.15) is 17.5 Å². The van der Waals surface area contributed by atoms with Gasteiger partial charge in [-0.1, -0.05) is 18.2 Å². The van der Waals surface area contributed by atoms with Crippen LogP contribution in [-0.2, 0) is 16.4 Å². The lowest BCUT2D eigenvalue weighted by Gasteiger charge is -2.16. The molecule has 148 valence electrons. The first-order valence-electron chi connectivity index (χ1n) is 9.58. The van der Waals surface area contributed by atoms with Crippen LogP contribution < -0.4 is 0 Å². The summed E-state index contributed by atoms with van der Waals surface area (Å²) in [6, 6.07) is 18.4. The molecule has 0 amide bonds. The average molecular weight is 407 g/mol. The Kier molecular flexibility index (Phi) is 5.47. The van der Waals surface area contributed by atoms with E-state index in [0.717, 1.165) is 31.7 Å². The van der Waals surface area contributed by atoms with Gasteiger partial charge in [0, 0.05) is 25.5 Å². The lowest BCUT2D eigenvalue weighted by molar-refractivity contribution is 0.320. The Morgan fingerprint density at radius 2 is 1.97 bits per heavy atom. The molecule has 0 saturated carbocycles. The molecule has 3 aromatic rings. The average Bonchev–Trinajstić information content (AvgIpc) is 3.41. The van der Waals surface area contributed by atoms with Crippen molar-refractivity contribution in [2.75, 3.05) is 18.8 Å². The highest BCUT2D eigenvalue weighted by atomic mass is 32.2. The van der Waals surface area contributed by atoms with Crippen LogP contribution in [0.2, 0.25) is 0 Å². The molecule has 0 aliphatic carbocycles. The predicted molar refractivity (Wildman–Crippen MR) is 110 cm³/mol. The number of nitriles is 1. The summed E-state index contributed by atoms with van der Waals surface area (Å²) in [7, 11) is -3.39. The molecule has 4 rings (SSSR count). The Hall–Kier alpha value is -2.95. The summed E-state index contributed by atoms with van der Waals surface area (Å²) in [6.07, 6.45) is 4.53. The van der Waals surface area contributed by atoms with Crippen molar-refractivity contribution >= 4 is 9.84 Å². The van der Waals surface area contributed by atoms with Crippen LogP contribution in [0.15, 0.2) is 71.9 Å². The third-order valence-corrected chi connectivity index (χ3v) is 7.14. The van der Waals surface area contributed by atoms with Gasteiger partial charge in [-0.15, -0.1) is 0 Å². The molecule has 29 heavy (non-hydrogen) atoms. The maximum absolute atomic E-state index is 12.7. The Balaban J connectivity index is 1.36. The van der Waals surface area contributed by atoms with E-state index in [1.807, 2.05) is 35.1 Å². The predicted octanol–water partition coefficient (Wildman–Crippen LogP) is 3.04. The van der Waals surface area contributed by atoms with Crippen LogP contribution in [0.5, 0.6) is 0 Å². The zero-order valence-electron chi connectivity index (χ0n) is 16.0. The summed E-state index contributed by atoms with van der Waals surface area (Å²) >= 11 is 0. The number of hydrogen-bond acceptors (Lipinski definition) is 5. The zero-order valence-corrected chi connectivity index (χ0v) is 16.8. The highest BCUT2D eigenvalue weighted by Crippen LogP contribution is 2.24. The number of rotatable bonds is 6. The molecule has 0 radical (unpaired) electrons. The van der Waals surface area contributed by atoms with E-state index in [2.05, 4.69) is 22.1 Å². The van der Waals surface area contributed by atoms with Crippen LogP contribution in [0.3, 0.4) is 0 Å². The van der Waals surface area contributed by atoms with Crippen LogP contribution in [0.25, 0.3) is 5.69 Å². The molecule has 1 aromatic heterocycles. The fourth-order valence-corrected chi connectivity index (χ4v) is 5.47. The quantitative estimate of drug-likeness (QED) is 0.629. The monoisotopic (exact) mass is 406 g/mol. The molecular formula is C22H22N4O2S. The number of sulfone groups is 1. The van der Waals surface area contributed by atoms with Gasteiger partial charge in [0.1, 0.15) is 0 Å². The van der Waals surface area contributed by atoms with Gasteiger partial charge in [0.2, 0.25) is 0 Å². The van der Waals surface area contributed by atoms with Crippen LogP contribution in [0.4, 0.5) is 0 Å². The van der Waals surface area contributed by atoms with E-state index in [-0.39, 0.29) is 16.6 Å².